The molecule has 20 heavy (non-hydrogen) atoms. The van der Waals surface area contributed by atoms with E-state index < -0.39 is 0 Å². The van der Waals surface area contributed by atoms with Crippen LogP contribution in [-0.2, 0) is 13.6 Å². The van der Waals surface area contributed by atoms with Crippen molar-refractivity contribution in [3.63, 3.8) is 0 Å². The normalized spacial score (nSPS) is 11.8. The van der Waals surface area contributed by atoms with Gasteiger partial charge in [-0.05, 0) is 19.4 Å². The first-order chi connectivity index (χ1) is 9.63. The lowest BCUT2D eigenvalue weighted by molar-refractivity contribution is 0.531. The van der Waals surface area contributed by atoms with Gasteiger partial charge >= 0.3 is 0 Å². The zero-order valence-electron chi connectivity index (χ0n) is 12.1. The molecular weight excluding hydrogens is 270 g/mol. The van der Waals surface area contributed by atoms with Gasteiger partial charge in [-0.25, -0.2) is 4.68 Å². The van der Waals surface area contributed by atoms with E-state index in [1.54, 1.807) is 16.0 Å². The summed E-state index contributed by atoms with van der Waals surface area (Å²) in [5.41, 5.74) is 1.94. The second-order valence-corrected chi connectivity index (χ2v) is 6.53. The summed E-state index contributed by atoms with van der Waals surface area (Å²) in [5.74, 6) is 0. The number of hydrogen-bond acceptors (Lipinski definition) is 3. The molecule has 0 aliphatic carbocycles. The maximum absolute atomic E-state index is 12.6. The van der Waals surface area contributed by atoms with Gasteiger partial charge in [-0.2, -0.15) is 5.10 Å². The summed E-state index contributed by atoms with van der Waals surface area (Å²) in [6, 6.07) is 2.14. The molecule has 0 amide bonds. The topological polar surface area (TPSA) is 39.8 Å². The van der Waals surface area contributed by atoms with E-state index in [0.29, 0.717) is 6.54 Å². The molecule has 0 aromatic carbocycles. The van der Waals surface area contributed by atoms with Crippen LogP contribution in [0, 0.1) is 6.92 Å². The van der Waals surface area contributed by atoms with Gasteiger partial charge in [0.25, 0.3) is 5.56 Å². The molecule has 0 unspecified atom stereocenters. The summed E-state index contributed by atoms with van der Waals surface area (Å²) in [4.78, 5) is 13.8. The van der Waals surface area contributed by atoms with E-state index in [4.69, 9.17) is 0 Å². The molecule has 0 aliphatic heterocycles. The molecule has 0 atom stereocenters. The van der Waals surface area contributed by atoms with Crippen LogP contribution < -0.4 is 5.56 Å². The Balaban J connectivity index is 2.17. The Morgan fingerprint density at radius 3 is 2.90 bits per heavy atom. The summed E-state index contributed by atoms with van der Waals surface area (Å²) in [7, 11) is 1.97. The first-order valence-corrected chi connectivity index (χ1v) is 7.89. The third-order valence-corrected chi connectivity index (χ3v) is 4.84. The highest BCUT2D eigenvalue weighted by atomic mass is 32.1. The fraction of sp³-hybridized carbons (Fsp3) is 0.467. The third kappa shape index (κ3) is 1.97. The zero-order chi connectivity index (χ0) is 14.3. The molecule has 0 bridgehead atoms. The molecule has 0 saturated carbocycles. The predicted molar refractivity (Wildman–Crippen MR) is 84.6 cm³/mol. The van der Waals surface area contributed by atoms with Crippen LogP contribution in [0.4, 0.5) is 0 Å². The second-order valence-electron chi connectivity index (χ2n) is 5.27. The Labute approximate surface area is 121 Å². The average Bonchev–Trinajstić information content (AvgIpc) is 2.91. The number of aromatic nitrogens is 3. The average molecular weight is 289 g/mol. The molecule has 3 rings (SSSR count). The Hall–Kier alpha value is -1.62. The number of nitrogens with zero attached hydrogens (tertiary/aromatic N) is 3. The van der Waals surface area contributed by atoms with E-state index in [0.717, 1.165) is 35.7 Å². The lowest BCUT2D eigenvalue weighted by atomic mass is 10.2. The van der Waals surface area contributed by atoms with Crippen LogP contribution in [0.1, 0.15) is 31.1 Å². The molecule has 106 valence electrons. The Kier molecular flexibility index (Phi) is 3.38. The molecule has 0 N–H and O–H groups in total. The maximum Gasteiger partial charge on any atom is 0.291 e. The highest BCUT2D eigenvalue weighted by molar-refractivity contribution is 7.20. The number of thiophene rings is 1. The van der Waals surface area contributed by atoms with Crippen molar-refractivity contribution in [3.8, 4) is 0 Å². The minimum atomic E-state index is 0.0298. The molecule has 0 saturated heterocycles. The van der Waals surface area contributed by atoms with Crippen LogP contribution >= 0.6 is 11.3 Å². The monoisotopic (exact) mass is 289 g/mol. The molecule has 0 spiro atoms. The summed E-state index contributed by atoms with van der Waals surface area (Å²) < 4.78 is 4.79. The molecule has 3 aromatic rings. The highest BCUT2D eigenvalue weighted by Crippen LogP contribution is 2.32. The van der Waals surface area contributed by atoms with Crippen LogP contribution in [0.15, 0.2) is 17.1 Å². The van der Waals surface area contributed by atoms with E-state index in [1.807, 2.05) is 17.8 Å². The summed E-state index contributed by atoms with van der Waals surface area (Å²) in [6.45, 7) is 4.96. The van der Waals surface area contributed by atoms with E-state index in [-0.39, 0.29) is 5.56 Å². The van der Waals surface area contributed by atoms with Crippen molar-refractivity contribution in [2.75, 3.05) is 0 Å². The highest BCUT2D eigenvalue weighted by Gasteiger charge is 2.15. The largest absolute Gasteiger partial charge is 0.338 e. The molecule has 3 aromatic heterocycles. The van der Waals surface area contributed by atoms with E-state index >= 15 is 0 Å². The van der Waals surface area contributed by atoms with Gasteiger partial charge in [0, 0.05) is 23.9 Å². The zero-order valence-corrected chi connectivity index (χ0v) is 13.0. The Morgan fingerprint density at radius 2 is 2.15 bits per heavy atom. The van der Waals surface area contributed by atoms with E-state index in [1.165, 1.54) is 9.58 Å². The molecule has 3 heterocycles. The lowest BCUT2D eigenvalue weighted by Gasteiger charge is -2.04. The van der Waals surface area contributed by atoms with Crippen LogP contribution in [-0.4, -0.2) is 14.3 Å². The fourth-order valence-corrected chi connectivity index (χ4v) is 3.76. The fourth-order valence-electron chi connectivity index (χ4n) is 2.70. The number of aryl methyl sites for hydroxylation is 3. The maximum atomic E-state index is 12.6. The van der Waals surface area contributed by atoms with Gasteiger partial charge in [0.15, 0.2) is 0 Å². The molecule has 0 aliphatic rings. The quantitative estimate of drug-likeness (QED) is 0.690. The summed E-state index contributed by atoms with van der Waals surface area (Å²) in [6.07, 6.45) is 5.14. The molecule has 4 nitrogen and oxygen atoms in total. The van der Waals surface area contributed by atoms with Crippen molar-refractivity contribution >= 4 is 32.5 Å². The van der Waals surface area contributed by atoms with Crippen LogP contribution in [0.5, 0.6) is 0 Å². The third-order valence-electron chi connectivity index (χ3n) is 3.77. The first-order valence-electron chi connectivity index (χ1n) is 7.08. The second kappa shape index (κ2) is 5.05. The van der Waals surface area contributed by atoms with E-state index in [9.17, 15) is 4.79 Å². The van der Waals surface area contributed by atoms with Gasteiger partial charge in [-0.1, -0.05) is 19.8 Å². The van der Waals surface area contributed by atoms with Gasteiger partial charge in [-0.3, -0.25) is 4.79 Å². The van der Waals surface area contributed by atoms with Gasteiger partial charge in [0.05, 0.1) is 16.4 Å². The number of fused-ring (bicyclic) bond motifs is 3. The lowest BCUT2D eigenvalue weighted by Crippen LogP contribution is -2.24. The Bertz CT molecular complexity index is 825. The van der Waals surface area contributed by atoms with Crippen molar-refractivity contribution in [1.29, 1.82) is 0 Å². The first kappa shape index (κ1) is 13.4. The molecule has 0 radical (unpaired) electrons. The van der Waals surface area contributed by atoms with Gasteiger partial charge in [-0.15, -0.1) is 11.3 Å². The summed E-state index contributed by atoms with van der Waals surface area (Å²) in [5, 5.41) is 5.33. The van der Waals surface area contributed by atoms with Crippen LogP contribution in [0.3, 0.4) is 0 Å². The van der Waals surface area contributed by atoms with Crippen molar-refractivity contribution in [1.82, 2.24) is 14.3 Å². The number of hydrogen-bond donors (Lipinski definition) is 0. The van der Waals surface area contributed by atoms with Gasteiger partial charge in [0.1, 0.15) is 5.52 Å². The van der Waals surface area contributed by atoms with Crippen LogP contribution in [0.25, 0.3) is 21.1 Å². The van der Waals surface area contributed by atoms with Crippen molar-refractivity contribution in [3.05, 3.63) is 27.5 Å². The molecule has 0 fully saturated rings. The van der Waals surface area contributed by atoms with Crippen LogP contribution in [0.2, 0.25) is 0 Å². The Morgan fingerprint density at radius 1 is 1.35 bits per heavy atom. The molecule has 5 heteroatoms. The standard InChI is InChI=1S/C15H19N3OS/c1-4-5-6-7-18-15(19)13-11(9-16-18)14-12(17(13)3)8-10(2)20-14/h8-9H,4-7H2,1-3H3. The number of unbranched alkanes of at least 4 members (excludes halogenated alkanes) is 2. The molecular formula is C15H19N3OS. The summed E-state index contributed by atoms with van der Waals surface area (Å²) >= 11 is 1.73. The van der Waals surface area contributed by atoms with Gasteiger partial charge < -0.3 is 4.57 Å². The van der Waals surface area contributed by atoms with Crippen molar-refractivity contribution in [2.45, 2.75) is 39.7 Å². The minimum absolute atomic E-state index is 0.0298. The van der Waals surface area contributed by atoms with Crippen molar-refractivity contribution < 1.29 is 0 Å². The SMILES string of the molecule is CCCCCn1ncc2c3sc(C)cc3n(C)c2c1=O. The minimum Gasteiger partial charge on any atom is -0.338 e. The van der Waals surface area contributed by atoms with Gasteiger partial charge in [0.2, 0.25) is 0 Å². The smallest absolute Gasteiger partial charge is 0.291 e. The van der Waals surface area contributed by atoms with E-state index in [2.05, 4.69) is 25.0 Å². The number of rotatable bonds is 4. The van der Waals surface area contributed by atoms with Crippen molar-refractivity contribution in [2.24, 2.45) is 7.05 Å². The predicted octanol–water partition coefficient (Wildman–Crippen LogP) is 3.45.